The smallest absolute Gasteiger partial charge is 0.277 e. The molecular weight excluding hydrogens is 378 g/mol. The molecule has 0 unspecified atom stereocenters. The Morgan fingerprint density at radius 2 is 1.57 bits per heavy atom. The minimum absolute atomic E-state index is 0.203. The fraction of sp³-hybridized carbons (Fsp3) is 0.261. The Hall–Kier alpha value is -3.29. The molecule has 2 heterocycles. The SMILES string of the molecule is O=C(NO)c1cnc(NC2(c3ccccc3)CCN(Cc3ccccc3)CC2)nc1. The van der Waals surface area contributed by atoms with Crippen molar-refractivity contribution in [3.05, 3.63) is 89.7 Å². The molecule has 154 valence electrons. The van der Waals surface area contributed by atoms with Gasteiger partial charge in [-0.25, -0.2) is 15.4 Å². The van der Waals surface area contributed by atoms with Crippen molar-refractivity contribution >= 4 is 11.9 Å². The van der Waals surface area contributed by atoms with Gasteiger partial charge in [0, 0.05) is 32.0 Å². The molecule has 7 heteroatoms. The van der Waals surface area contributed by atoms with E-state index in [9.17, 15) is 4.79 Å². The van der Waals surface area contributed by atoms with Crippen LogP contribution < -0.4 is 10.8 Å². The number of benzene rings is 2. The first-order valence-corrected chi connectivity index (χ1v) is 10.0. The van der Waals surface area contributed by atoms with Gasteiger partial charge in [0.25, 0.3) is 5.91 Å². The maximum Gasteiger partial charge on any atom is 0.277 e. The molecule has 1 fully saturated rings. The molecule has 0 bridgehead atoms. The molecule has 1 amide bonds. The average molecular weight is 403 g/mol. The Bertz CT molecular complexity index is 956. The van der Waals surface area contributed by atoms with Crippen LogP contribution in [0.25, 0.3) is 0 Å². The molecule has 0 radical (unpaired) electrons. The van der Waals surface area contributed by atoms with E-state index in [0.29, 0.717) is 5.95 Å². The molecule has 0 saturated carbocycles. The van der Waals surface area contributed by atoms with Gasteiger partial charge in [0.05, 0.1) is 11.1 Å². The van der Waals surface area contributed by atoms with E-state index in [2.05, 4.69) is 56.6 Å². The number of hydroxylamine groups is 1. The van der Waals surface area contributed by atoms with Crippen molar-refractivity contribution in [2.75, 3.05) is 18.4 Å². The largest absolute Gasteiger partial charge is 0.345 e. The zero-order valence-electron chi connectivity index (χ0n) is 16.7. The summed E-state index contributed by atoms with van der Waals surface area (Å²) in [5.41, 5.74) is 4.03. The van der Waals surface area contributed by atoms with Crippen molar-refractivity contribution in [2.45, 2.75) is 24.9 Å². The number of carbonyl (C=O) groups is 1. The summed E-state index contributed by atoms with van der Waals surface area (Å²) in [4.78, 5) is 22.6. The second kappa shape index (κ2) is 9.02. The van der Waals surface area contributed by atoms with Crippen LogP contribution in [-0.4, -0.2) is 39.1 Å². The maximum atomic E-state index is 11.5. The molecule has 1 aliphatic rings. The molecule has 7 nitrogen and oxygen atoms in total. The van der Waals surface area contributed by atoms with Crippen molar-refractivity contribution in [1.29, 1.82) is 0 Å². The number of hydrogen-bond donors (Lipinski definition) is 3. The van der Waals surface area contributed by atoms with Gasteiger partial charge in [0.1, 0.15) is 0 Å². The highest BCUT2D eigenvalue weighted by Crippen LogP contribution is 2.36. The van der Waals surface area contributed by atoms with E-state index < -0.39 is 5.91 Å². The molecule has 4 rings (SSSR count). The Morgan fingerprint density at radius 1 is 0.967 bits per heavy atom. The lowest BCUT2D eigenvalue weighted by Crippen LogP contribution is -2.47. The molecule has 3 aromatic rings. The van der Waals surface area contributed by atoms with Crippen LogP contribution in [0.5, 0.6) is 0 Å². The minimum Gasteiger partial charge on any atom is -0.345 e. The summed E-state index contributed by atoms with van der Waals surface area (Å²) in [7, 11) is 0. The highest BCUT2D eigenvalue weighted by molar-refractivity contribution is 5.92. The zero-order chi connectivity index (χ0) is 20.8. The molecule has 1 aliphatic heterocycles. The van der Waals surface area contributed by atoms with Gasteiger partial charge < -0.3 is 5.32 Å². The standard InChI is InChI=1S/C23H25N5O2/c29-21(27-30)19-15-24-22(25-16-19)26-23(20-9-5-2-6-10-20)11-13-28(14-12-23)17-18-7-3-1-4-8-18/h1-10,15-16,30H,11-14,17H2,(H,27,29)(H,24,25,26). The number of anilines is 1. The lowest BCUT2D eigenvalue weighted by Gasteiger charge is -2.43. The number of likely N-dealkylation sites (tertiary alicyclic amines) is 1. The predicted molar refractivity (Wildman–Crippen MR) is 114 cm³/mol. The van der Waals surface area contributed by atoms with E-state index in [4.69, 9.17) is 5.21 Å². The fourth-order valence-electron chi connectivity index (χ4n) is 3.97. The number of piperidine rings is 1. The third kappa shape index (κ3) is 4.48. The van der Waals surface area contributed by atoms with E-state index in [1.807, 2.05) is 24.3 Å². The summed E-state index contributed by atoms with van der Waals surface area (Å²) in [6.07, 6.45) is 4.63. The summed E-state index contributed by atoms with van der Waals surface area (Å²) in [5.74, 6) is -0.168. The quantitative estimate of drug-likeness (QED) is 0.433. The maximum absolute atomic E-state index is 11.5. The van der Waals surface area contributed by atoms with Crippen LogP contribution in [-0.2, 0) is 12.1 Å². The van der Waals surface area contributed by atoms with Crippen molar-refractivity contribution in [1.82, 2.24) is 20.3 Å². The monoisotopic (exact) mass is 403 g/mol. The van der Waals surface area contributed by atoms with Crippen LogP contribution in [0.4, 0.5) is 5.95 Å². The fourth-order valence-corrected chi connectivity index (χ4v) is 3.97. The molecule has 0 aliphatic carbocycles. The summed E-state index contributed by atoms with van der Waals surface area (Å²) in [6.45, 7) is 2.83. The Balaban J connectivity index is 1.52. The van der Waals surface area contributed by atoms with Gasteiger partial charge in [0.15, 0.2) is 0 Å². The van der Waals surface area contributed by atoms with Gasteiger partial charge in [-0.2, -0.15) is 0 Å². The van der Waals surface area contributed by atoms with Crippen LogP contribution in [0.1, 0.15) is 34.3 Å². The Labute approximate surface area is 175 Å². The van der Waals surface area contributed by atoms with Crippen molar-refractivity contribution < 1.29 is 10.0 Å². The second-order valence-corrected chi connectivity index (χ2v) is 7.57. The number of hydrogen-bond acceptors (Lipinski definition) is 6. The van der Waals surface area contributed by atoms with Gasteiger partial charge in [-0.3, -0.25) is 14.9 Å². The molecular formula is C23H25N5O2. The van der Waals surface area contributed by atoms with E-state index in [-0.39, 0.29) is 11.1 Å². The van der Waals surface area contributed by atoms with Gasteiger partial charge in [-0.1, -0.05) is 60.7 Å². The highest BCUT2D eigenvalue weighted by atomic mass is 16.5. The van der Waals surface area contributed by atoms with Crippen LogP contribution >= 0.6 is 0 Å². The first-order valence-electron chi connectivity index (χ1n) is 10.0. The van der Waals surface area contributed by atoms with Crippen LogP contribution in [0, 0.1) is 0 Å². The summed E-state index contributed by atoms with van der Waals surface area (Å²) >= 11 is 0. The van der Waals surface area contributed by atoms with Crippen molar-refractivity contribution in [3.8, 4) is 0 Å². The normalized spacial score (nSPS) is 16.0. The molecule has 2 aromatic carbocycles. The second-order valence-electron chi connectivity index (χ2n) is 7.57. The molecule has 1 saturated heterocycles. The molecule has 3 N–H and O–H groups in total. The first kappa shape index (κ1) is 20.0. The number of nitrogens with one attached hydrogen (secondary N) is 2. The molecule has 1 aromatic heterocycles. The van der Waals surface area contributed by atoms with Crippen LogP contribution in [0.2, 0.25) is 0 Å². The van der Waals surface area contributed by atoms with E-state index in [1.165, 1.54) is 23.5 Å². The molecule has 0 spiro atoms. The van der Waals surface area contributed by atoms with E-state index in [1.54, 1.807) is 5.48 Å². The predicted octanol–water partition coefficient (Wildman–Crippen LogP) is 3.20. The van der Waals surface area contributed by atoms with Crippen LogP contribution in [0.3, 0.4) is 0 Å². The lowest BCUT2D eigenvalue weighted by atomic mass is 9.81. The first-order chi connectivity index (χ1) is 14.7. The average Bonchev–Trinajstić information content (AvgIpc) is 2.82. The van der Waals surface area contributed by atoms with Crippen molar-refractivity contribution in [2.24, 2.45) is 0 Å². The summed E-state index contributed by atoms with van der Waals surface area (Å²) < 4.78 is 0. The number of rotatable bonds is 6. The Kier molecular flexibility index (Phi) is 6.02. The lowest BCUT2D eigenvalue weighted by molar-refractivity contribution is 0.0705. The number of amides is 1. The number of aromatic nitrogens is 2. The van der Waals surface area contributed by atoms with Crippen molar-refractivity contribution in [3.63, 3.8) is 0 Å². The topological polar surface area (TPSA) is 90.4 Å². The van der Waals surface area contributed by atoms with Crippen LogP contribution in [0.15, 0.2) is 73.1 Å². The highest BCUT2D eigenvalue weighted by Gasteiger charge is 2.36. The third-order valence-corrected chi connectivity index (χ3v) is 5.65. The number of carbonyl (C=O) groups excluding carboxylic acids is 1. The summed E-state index contributed by atoms with van der Waals surface area (Å²) in [5, 5.41) is 12.3. The van der Waals surface area contributed by atoms with Gasteiger partial charge in [-0.05, 0) is 24.0 Å². The third-order valence-electron chi connectivity index (χ3n) is 5.65. The molecule has 0 atom stereocenters. The van der Waals surface area contributed by atoms with E-state index in [0.717, 1.165) is 32.5 Å². The minimum atomic E-state index is -0.631. The Morgan fingerprint density at radius 3 is 2.17 bits per heavy atom. The van der Waals surface area contributed by atoms with Gasteiger partial charge >= 0.3 is 0 Å². The zero-order valence-corrected chi connectivity index (χ0v) is 16.7. The molecule has 30 heavy (non-hydrogen) atoms. The van der Waals surface area contributed by atoms with Gasteiger partial charge in [0.2, 0.25) is 5.95 Å². The van der Waals surface area contributed by atoms with Gasteiger partial charge in [-0.15, -0.1) is 0 Å². The van der Waals surface area contributed by atoms with E-state index >= 15 is 0 Å². The number of nitrogens with zero attached hydrogens (tertiary/aromatic N) is 3. The summed E-state index contributed by atoms with van der Waals surface area (Å²) in [6, 6.07) is 20.9.